The zero-order valence-corrected chi connectivity index (χ0v) is 25.9. The topological polar surface area (TPSA) is 136 Å². The maximum atomic E-state index is 13.4. The first-order valence-corrected chi connectivity index (χ1v) is 15.1. The molecule has 1 heterocycles. The van der Waals surface area contributed by atoms with Crippen molar-refractivity contribution in [2.24, 2.45) is 0 Å². The third-order valence-corrected chi connectivity index (χ3v) is 7.18. The lowest BCUT2D eigenvalue weighted by Crippen LogP contribution is -2.66. The van der Waals surface area contributed by atoms with Crippen LogP contribution in [0, 0.1) is 0 Å². The summed E-state index contributed by atoms with van der Waals surface area (Å²) in [5.74, 6) is -2.53. The highest BCUT2D eigenvalue weighted by atomic mass is 16.7. The molecule has 0 saturated carbocycles. The van der Waals surface area contributed by atoms with E-state index in [4.69, 9.17) is 28.4 Å². The highest BCUT2D eigenvalue weighted by molar-refractivity contribution is 5.91. The molecule has 1 aliphatic rings. The molecule has 11 nitrogen and oxygen atoms in total. The Morgan fingerprint density at radius 3 is 1.70 bits per heavy atom. The molecule has 0 radical (unpaired) electrons. The number of carbonyl (C=O) groups excluding carboxylic acids is 4. The monoisotopic (exact) mass is 633 g/mol. The Labute approximate surface area is 268 Å². The molecule has 0 bridgehead atoms. The molecule has 3 aromatic rings. The van der Waals surface area contributed by atoms with Gasteiger partial charge in [-0.05, 0) is 55.7 Å². The molecule has 0 spiro atoms. The molecule has 1 amide bonds. The van der Waals surface area contributed by atoms with Gasteiger partial charge in [0.25, 0.3) is 0 Å². The molecule has 4 rings (SSSR count). The van der Waals surface area contributed by atoms with E-state index in [2.05, 4.69) is 5.32 Å². The van der Waals surface area contributed by atoms with Gasteiger partial charge < -0.3 is 33.7 Å². The fraction of sp³-hybridized carbons (Fsp3) is 0.371. The Balaban J connectivity index is 1.66. The second kappa shape index (κ2) is 17.8. The molecule has 1 N–H and O–H groups in total. The minimum atomic E-state index is -1.32. The molecule has 1 aliphatic heterocycles. The van der Waals surface area contributed by atoms with Crippen LogP contribution in [0.2, 0.25) is 0 Å². The second-order valence-corrected chi connectivity index (χ2v) is 10.6. The average molecular weight is 634 g/mol. The molecule has 3 aromatic carbocycles. The van der Waals surface area contributed by atoms with Crippen molar-refractivity contribution < 1.29 is 47.6 Å². The van der Waals surface area contributed by atoms with Gasteiger partial charge in [-0.25, -0.2) is 14.4 Å². The van der Waals surface area contributed by atoms with Gasteiger partial charge in [-0.3, -0.25) is 4.79 Å². The van der Waals surface area contributed by atoms with Gasteiger partial charge in [-0.1, -0.05) is 54.6 Å². The summed E-state index contributed by atoms with van der Waals surface area (Å²) in [5.41, 5.74) is 0.788. The van der Waals surface area contributed by atoms with E-state index < -0.39 is 54.5 Å². The van der Waals surface area contributed by atoms with Gasteiger partial charge in [0.1, 0.15) is 18.8 Å². The van der Waals surface area contributed by atoms with Crippen molar-refractivity contribution in [3.05, 3.63) is 108 Å². The fourth-order valence-corrected chi connectivity index (χ4v) is 4.92. The number of esters is 3. The predicted octanol–water partition coefficient (Wildman–Crippen LogP) is 4.36. The summed E-state index contributed by atoms with van der Waals surface area (Å²) in [6.45, 7) is 1.78. The molecule has 46 heavy (non-hydrogen) atoms. The van der Waals surface area contributed by atoms with Crippen molar-refractivity contribution in [1.82, 2.24) is 5.32 Å². The number of methoxy groups -OCH3 is 1. The molecule has 5 atom stereocenters. The first-order valence-electron chi connectivity index (χ1n) is 15.1. The molecular formula is C35H39NO10. The molecule has 1 saturated heterocycles. The molecule has 0 aromatic heterocycles. The molecule has 244 valence electrons. The Hall–Kier alpha value is -4.58. The zero-order valence-electron chi connectivity index (χ0n) is 25.9. The van der Waals surface area contributed by atoms with Crippen LogP contribution in [0.5, 0.6) is 0 Å². The van der Waals surface area contributed by atoms with Crippen LogP contribution in [0.1, 0.15) is 57.3 Å². The van der Waals surface area contributed by atoms with Crippen molar-refractivity contribution in [3.63, 3.8) is 0 Å². The molecule has 2 unspecified atom stereocenters. The first-order chi connectivity index (χ1) is 22.4. The van der Waals surface area contributed by atoms with Crippen molar-refractivity contribution in [3.8, 4) is 0 Å². The third kappa shape index (κ3) is 9.96. The minimum absolute atomic E-state index is 0.237. The number of hydrogen-bond acceptors (Lipinski definition) is 10. The van der Waals surface area contributed by atoms with Gasteiger partial charge in [0.2, 0.25) is 5.91 Å². The molecule has 1 fully saturated rings. The summed E-state index contributed by atoms with van der Waals surface area (Å²) in [6, 6.07) is 23.8. The Morgan fingerprint density at radius 2 is 1.17 bits per heavy atom. The number of carbonyl (C=O) groups is 4. The van der Waals surface area contributed by atoms with E-state index in [1.165, 1.54) is 6.92 Å². The fourth-order valence-electron chi connectivity index (χ4n) is 4.92. The minimum Gasteiger partial charge on any atom is -0.459 e. The highest BCUT2D eigenvalue weighted by Crippen LogP contribution is 2.29. The van der Waals surface area contributed by atoms with Gasteiger partial charge in [0.05, 0.1) is 16.7 Å². The number of benzene rings is 3. The Bertz CT molecular complexity index is 1400. The van der Waals surface area contributed by atoms with Crippen LogP contribution < -0.4 is 5.32 Å². The van der Waals surface area contributed by atoms with E-state index in [1.54, 1.807) is 98.1 Å². The lowest BCUT2D eigenvalue weighted by molar-refractivity contribution is -0.269. The van der Waals surface area contributed by atoms with Crippen LogP contribution in [0.25, 0.3) is 0 Å². The Morgan fingerprint density at radius 1 is 0.674 bits per heavy atom. The van der Waals surface area contributed by atoms with Crippen molar-refractivity contribution in [1.29, 1.82) is 0 Å². The summed E-state index contributed by atoms with van der Waals surface area (Å²) in [4.78, 5) is 52.1. The van der Waals surface area contributed by atoms with Crippen LogP contribution in [-0.4, -0.2) is 81.4 Å². The third-order valence-electron chi connectivity index (χ3n) is 7.18. The van der Waals surface area contributed by atoms with Crippen molar-refractivity contribution in [2.75, 3.05) is 26.9 Å². The van der Waals surface area contributed by atoms with Crippen LogP contribution in [-0.2, 0) is 33.2 Å². The highest BCUT2D eigenvalue weighted by Gasteiger charge is 2.52. The van der Waals surface area contributed by atoms with E-state index >= 15 is 0 Å². The maximum absolute atomic E-state index is 13.4. The molecule has 11 heteroatoms. The van der Waals surface area contributed by atoms with E-state index in [9.17, 15) is 19.2 Å². The Kier molecular flexibility index (Phi) is 13.3. The van der Waals surface area contributed by atoms with Crippen LogP contribution in [0.15, 0.2) is 91.0 Å². The first kappa shape index (κ1) is 34.3. The van der Waals surface area contributed by atoms with Gasteiger partial charge in [0, 0.05) is 27.2 Å². The molecular weight excluding hydrogens is 594 g/mol. The number of hydrogen-bond donors (Lipinski definition) is 1. The zero-order chi connectivity index (χ0) is 32.7. The summed E-state index contributed by atoms with van der Waals surface area (Å²) >= 11 is 0. The maximum Gasteiger partial charge on any atom is 0.338 e. The summed E-state index contributed by atoms with van der Waals surface area (Å²) < 4.78 is 35.1. The van der Waals surface area contributed by atoms with Gasteiger partial charge in [-0.2, -0.15) is 0 Å². The van der Waals surface area contributed by atoms with Crippen LogP contribution in [0.4, 0.5) is 0 Å². The van der Waals surface area contributed by atoms with Gasteiger partial charge >= 0.3 is 17.9 Å². The molecule has 0 aliphatic carbocycles. The van der Waals surface area contributed by atoms with E-state index in [1.807, 2.05) is 0 Å². The predicted molar refractivity (Wildman–Crippen MR) is 166 cm³/mol. The lowest BCUT2D eigenvalue weighted by Gasteiger charge is -2.45. The standard InChI is InChI=1S/C35H39NO10/c1-24(37)36-29-31(46-34(40)27-19-11-5-12-20-27)30(45-33(39)26-17-9-4-10-18-26)28(23-43-32(38)25-15-7-3-8-16-25)44-35(29)42-22-14-6-13-21-41-2/h3-5,7-12,15-20,28-31,35H,6,13-14,21-23H2,1-2H3,(H,36,37)/t28?,29?,30-,31+,35+/m0/s1. The van der Waals surface area contributed by atoms with E-state index in [0.717, 1.165) is 12.8 Å². The smallest absolute Gasteiger partial charge is 0.338 e. The van der Waals surface area contributed by atoms with Crippen LogP contribution >= 0.6 is 0 Å². The normalized spacial score (nSPS) is 20.7. The summed E-state index contributed by atoms with van der Waals surface area (Å²) in [6.07, 6.45) is -2.60. The number of ether oxygens (including phenoxy) is 6. The van der Waals surface area contributed by atoms with Crippen molar-refractivity contribution in [2.45, 2.75) is 56.8 Å². The largest absolute Gasteiger partial charge is 0.459 e. The van der Waals surface area contributed by atoms with E-state index in [-0.39, 0.29) is 24.3 Å². The van der Waals surface area contributed by atoms with Crippen LogP contribution in [0.3, 0.4) is 0 Å². The van der Waals surface area contributed by atoms with E-state index in [0.29, 0.717) is 18.6 Å². The number of amides is 1. The average Bonchev–Trinajstić information content (AvgIpc) is 3.08. The summed E-state index contributed by atoms with van der Waals surface area (Å²) in [7, 11) is 1.63. The van der Waals surface area contributed by atoms with Gasteiger partial charge in [0.15, 0.2) is 18.5 Å². The lowest BCUT2D eigenvalue weighted by atomic mass is 9.95. The number of unbranched alkanes of at least 4 members (excludes halogenated alkanes) is 2. The van der Waals surface area contributed by atoms with Gasteiger partial charge in [-0.15, -0.1) is 0 Å². The number of rotatable bonds is 15. The number of nitrogens with one attached hydrogen (secondary N) is 1. The quantitative estimate of drug-likeness (QED) is 0.146. The second-order valence-electron chi connectivity index (χ2n) is 10.6. The van der Waals surface area contributed by atoms with Crippen molar-refractivity contribution >= 4 is 23.8 Å². The SMILES string of the molecule is COCCCCCO[C@@H]1OC(COC(=O)c2ccccc2)[C@H](OC(=O)c2ccccc2)[C@H](OC(=O)c2ccccc2)C1NC(C)=O. The summed E-state index contributed by atoms with van der Waals surface area (Å²) in [5, 5.41) is 2.77.